The third-order valence-electron chi connectivity index (χ3n) is 2.37. The summed E-state index contributed by atoms with van der Waals surface area (Å²) in [7, 11) is 0. The number of hydrogen-bond donors (Lipinski definition) is 2. The first-order valence-corrected chi connectivity index (χ1v) is 5.01. The number of hydrogen-bond acceptors (Lipinski definition) is 4. The fraction of sp³-hybridized carbons (Fsp3) is 0.889. The summed E-state index contributed by atoms with van der Waals surface area (Å²) in [6.07, 6.45) is 0. The lowest BCUT2D eigenvalue weighted by Gasteiger charge is -2.33. The number of rotatable bonds is 5. The van der Waals surface area contributed by atoms with Gasteiger partial charge in [-0.25, -0.2) is 0 Å². The molecule has 0 aromatic carbocycles. The van der Waals surface area contributed by atoms with Gasteiger partial charge in [-0.1, -0.05) is 0 Å². The third-order valence-corrected chi connectivity index (χ3v) is 2.37. The normalized spacial score (nSPS) is 23.6. The van der Waals surface area contributed by atoms with Crippen LogP contribution in [0.3, 0.4) is 0 Å². The number of aliphatic carboxylic acids is 1. The summed E-state index contributed by atoms with van der Waals surface area (Å²) in [4.78, 5) is 12.8. The van der Waals surface area contributed by atoms with Gasteiger partial charge in [0.25, 0.3) is 0 Å². The van der Waals surface area contributed by atoms with E-state index in [0.717, 1.165) is 13.1 Å². The predicted octanol–water partition coefficient (Wildman–Crippen LogP) is -0.619. The van der Waals surface area contributed by atoms with Gasteiger partial charge in [-0.15, -0.1) is 0 Å². The van der Waals surface area contributed by atoms with Crippen molar-refractivity contribution in [1.82, 2.24) is 10.2 Å². The molecule has 5 heteroatoms. The molecule has 1 atom stereocenters. The van der Waals surface area contributed by atoms with Gasteiger partial charge in [0.2, 0.25) is 0 Å². The highest BCUT2D eigenvalue weighted by molar-refractivity contribution is 5.73. The molecular weight excluding hydrogens is 184 g/mol. The minimum Gasteiger partial charge on any atom is -0.480 e. The zero-order valence-corrected chi connectivity index (χ0v) is 8.53. The number of carbonyl (C=O) groups is 1. The van der Waals surface area contributed by atoms with E-state index in [2.05, 4.69) is 5.32 Å². The molecular formula is C9H18N2O3. The molecule has 0 radical (unpaired) electrons. The fourth-order valence-corrected chi connectivity index (χ4v) is 1.58. The van der Waals surface area contributed by atoms with E-state index < -0.39 is 12.0 Å². The number of carboxylic acid groups (broad SMARTS) is 1. The van der Waals surface area contributed by atoms with E-state index in [1.165, 1.54) is 0 Å². The molecule has 1 fully saturated rings. The van der Waals surface area contributed by atoms with Crippen molar-refractivity contribution >= 4 is 5.97 Å². The number of nitrogens with zero attached hydrogens (tertiary/aromatic N) is 1. The third kappa shape index (κ3) is 3.25. The average molecular weight is 202 g/mol. The molecule has 1 saturated heterocycles. The molecule has 0 bridgehead atoms. The second-order valence-electron chi connectivity index (χ2n) is 3.29. The average Bonchev–Trinajstić information content (AvgIpc) is 2.19. The van der Waals surface area contributed by atoms with Gasteiger partial charge in [-0.2, -0.15) is 0 Å². The zero-order chi connectivity index (χ0) is 10.4. The Bertz CT molecular complexity index is 187. The van der Waals surface area contributed by atoms with Crippen LogP contribution in [-0.4, -0.2) is 61.4 Å². The lowest BCUT2D eigenvalue weighted by molar-refractivity contribution is -0.144. The summed E-state index contributed by atoms with van der Waals surface area (Å²) >= 11 is 0. The molecule has 1 unspecified atom stereocenters. The minimum atomic E-state index is -0.756. The van der Waals surface area contributed by atoms with Crippen molar-refractivity contribution < 1.29 is 14.6 Å². The van der Waals surface area contributed by atoms with Crippen LogP contribution in [0.2, 0.25) is 0 Å². The van der Waals surface area contributed by atoms with Gasteiger partial charge in [-0.05, 0) is 6.92 Å². The first kappa shape index (κ1) is 11.4. The second-order valence-corrected chi connectivity index (χ2v) is 3.29. The summed E-state index contributed by atoms with van der Waals surface area (Å²) < 4.78 is 5.21. The minimum absolute atomic E-state index is 0.399. The number of nitrogens with one attached hydrogen (secondary N) is 1. The van der Waals surface area contributed by atoms with Gasteiger partial charge < -0.3 is 15.2 Å². The van der Waals surface area contributed by atoms with Gasteiger partial charge in [0.15, 0.2) is 0 Å². The van der Waals surface area contributed by atoms with E-state index >= 15 is 0 Å². The van der Waals surface area contributed by atoms with Crippen LogP contribution in [0.1, 0.15) is 6.92 Å². The summed E-state index contributed by atoms with van der Waals surface area (Å²) in [5, 5.41) is 12.0. The number of piperazine rings is 1. The summed E-state index contributed by atoms with van der Waals surface area (Å²) in [6.45, 7) is 6.10. The van der Waals surface area contributed by atoms with Gasteiger partial charge >= 0.3 is 5.97 Å². The summed E-state index contributed by atoms with van der Waals surface area (Å²) in [5.41, 5.74) is 0. The quantitative estimate of drug-likeness (QED) is 0.582. The molecule has 0 amide bonds. The molecule has 0 aromatic heterocycles. The summed E-state index contributed by atoms with van der Waals surface area (Å²) in [6, 6.07) is -0.399. The zero-order valence-electron chi connectivity index (χ0n) is 8.53. The molecule has 0 aliphatic carbocycles. The van der Waals surface area contributed by atoms with Gasteiger partial charge in [0.1, 0.15) is 6.04 Å². The van der Waals surface area contributed by atoms with Crippen LogP contribution in [0.5, 0.6) is 0 Å². The van der Waals surface area contributed by atoms with Crippen LogP contribution in [0.15, 0.2) is 0 Å². The van der Waals surface area contributed by atoms with Crippen molar-refractivity contribution in [3.8, 4) is 0 Å². The molecule has 5 nitrogen and oxygen atoms in total. The maximum absolute atomic E-state index is 10.9. The second kappa shape index (κ2) is 5.95. The van der Waals surface area contributed by atoms with Gasteiger partial charge in [0.05, 0.1) is 6.61 Å². The Balaban J connectivity index is 2.34. The number of ether oxygens (including phenoxy) is 1. The van der Waals surface area contributed by atoms with Gasteiger partial charge in [-0.3, -0.25) is 9.69 Å². The Kier molecular flexibility index (Phi) is 4.86. The lowest BCUT2D eigenvalue weighted by Crippen LogP contribution is -2.55. The lowest BCUT2D eigenvalue weighted by atomic mass is 10.2. The van der Waals surface area contributed by atoms with Crippen molar-refractivity contribution in [3.63, 3.8) is 0 Å². The Morgan fingerprint density at radius 3 is 3.14 bits per heavy atom. The van der Waals surface area contributed by atoms with E-state index in [1.54, 1.807) is 0 Å². The maximum Gasteiger partial charge on any atom is 0.322 e. The van der Waals surface area contributed by atoms with E-state index in [9.17, 15) is 4.79 Å². The largest absolute Gasteiger partial charge is 0.480 e. The van der Waals surface area contributed by atoms with Crippen LogP contribution in [0.4, 0.5) is 0 Å². The van der Waals surface area contributed by atoms with E-state index in [0.29, 0.717) is 26.3 Å². The molecule has 2 N–H and O–H groups in total. The van der Waals surface area contributed by atoms with Gasteiger partial charge in [0, 0.05) is 32.8 Å². The molecule has 1 aliphatic rings. The molecule has 1 rings (SSSR count). The fourth-order valence-electron chi connectivity index (χ4n) is 1.58. The van der Waals surface area contributed by atoms with E-state index in [4.69, 9.17) is 9.84 Å². The van der Waals surface area contributed by atoms with E-state index in [-0.39, 0.29) is 0 Å². The Hall–Kier alpha value is -0.650. The molecule has 82 valence electrons. The highest BCUT2D eigenvalue weighted by Crippen LogP contribution is 2.02. The molecule has 0 saturated carbocycles. The van der Waals surface area contributed by atoms with Crippen molar-refractivity contribution in [2.24, 2.45) is 0 Å². The summed E-state index contributed by atoms with van der Waals surface area (Å²) in [5.74, 6) is -0.756. The Morgan fingerprint density at radius 2 is 2.50 bits per heavy atom. The van der Waals surface area contributed by atoms with Crippen molar-refractivity contribution in [2.75, 3.05) is 39.4 Å². The monoisotopic (exact) mass is 202 g/mol. The first-order valence-electron chi connectivity index (χ1n) is 5.01. The first-order chi connectivity index (χ1) is 6.75. The van der Waals surface area contributed by atoms with Crippen molar-refractivity contribution in [3.05, 3.63) is 0 Å². The van der Waals surface area contributed by atoms with Crippen LogP contribution in [0, 0.1) is 0 Å². The molecule has 0 spiro atoms. The standard InChI is InChI=1S/C9H18N2O3/c1-2-14-6-5-11-4-3-10-7-8(11)9(12)13/h8,10H,2-7H2,1H3,(H,12,13). The highest BCUT2D eigenvalue weighted by Gasteiger charge is 2.27. The molecule has 14 heavy (non-hydrogen) atoms. The Labute approximate surface area is 84.0 Å². The SMILES string of the molecule is CCOCCN1CCNCC1C(=O)O. The number of carboxylic acids is 1. The Morgan fingerprint density at radius 1 is 1.71 bits per heavy atom. The van der Waals surface area contributed by atoms with Crippen LogP contribution in [-0.2, 0) is 9.53 Å². The smallest absolute Gasteiger partial charge is 0.322 e. The topological polar surface area (TPSA) is 61.8 Å². The van der Waals surface area contributed by atoms with Crippen LogP contribution >= 0.6 is 0 Å². The predicted molar refractivity (Wildman–Crippen MR) is 52.4 cm³/mol. The molecule has 1 aliphatic heterocycles. The molecule has 1 heterocycles. The molecule has 0 aromatic rings. The van der Waals surface area contributed by atoms with E-state index in [1.807, 2.05) is 11.8 Å². The van der Waals surface area contributed by atoms with Crippen molar-refractivity contribution in [1.29, 1.82) is 0 Å². The highest BCUT2D eigenvalue weighted by atomic mass is 16.5. The maximum atomic E-state index is 10.9. The van der Waals surface area contributed by atoms with Crippen LogP contribution in [0.25, 0.3) is 0 Å². The van der Waals surface area contributed by atoms with Crippen molar-refractivity contribution in [2.45, 2.75) is 13.0 Å². The van der Waals surface area contributed by atoms with Crippen LogP contribution < -0.4 is 5.32 Å².